The van der Waals surface area contributed by atoms with Crippen LogP contribution in [0.15, 0.2) is 65.6 Å². The number of nitrogens with zero attached hydrogens (tertiary/aromatic N) is 2. The van der Waals surface area contributed by atoms with Crippen molar-refractivity contribution in [2.45, 2.75) is 52.0 Å². The third-order valence-electron chi connectivity index (χ3n) is 5.11. The van der Waals surface area contributed by atoms with E-state index in [0.717, 1.165) is 54.6 Å². The van der Waals surface area contributed by atoms with E-state index in [1.54, 1.807) is 9.13 Å². The first kappa shape index (κ1) is 20.6. The highest BCUT2D eigenvalue weighted by molar-refractivity contribution is 5.66. The van der Waals surface area contributed by atoms with Crippen molar-refractivity contribution >= 4 is 5.97 Å². The maximum absolute atomic E-state index is 13.2. The van der Waals surface area contributed by atoms with Crippen LogP contribution in [0.4, 0.5) is 0 Å². The highest BCUT2D eigenvalue weighted by Gasteiger charge is 2.14. The fourth-order valence-corrected chi connectivity index (χ4v) is 3.50. The minimum Gasteiger partial charge on any atom is -0.481 e. The van der Waals surface area contributed by atoms with E-state index in [1.165, 1.54) is 0 Å². The second-order valence-corrected chi connectivity index (χ2v) is 7.44. The molecule has 2 aromatic carbocycles. The van der Waals surface area contributed by atoms with Gasteiger partial charge in [0.15, 0.2) is 0 Å². The van der Waals surface area contributed by atoms with Crippen LogP contribution in [0.25, 0.3) is 16.9 Å². The van der Waals surface area contributed by atoms with Gasteiger partial charge in [-0.1, -0.05) is 67.3 Å². The molecule has 3 aromatic rings. The van der Waals surface area contributed by atoms with E-state index in [0.29, 0.717) is 6.54 Å². The van der Waals surface area contributed by atoms with Crippen LogP contribution in [0, 0.1) is 6.92 Å². The number of aliphatic carboxylic acids is 1. The lowest BCUT2D eigenvalue weighted by atomic mass is 10.1. The van der Waals surface area contributed by atoms with Gasteiger partial charge in [-0.3, -0.25) is 13.9 Å². The normalized spacial score (nSPS) is 10.9. The predicted octanol–water partition coefficient (Wildman–Crippen LogP) is 5.04. The van der Waals surface area contributed by atoms with Gasteiger partial charge in [-0.05, 0) is 31.9 Å². The molecular weight excluding hydrogens is 364 g/mol. The number of aryl methyl sites for hydroxylation is 2. The quantitative estimate of drug-likeness (QED) is 0.492. The summed E-state index contributed by atoms with van der Waals surface area (Å²) < 4.78 is 3.57. The van der Waals surface area contributed by atoms with Crippen LogP contribution >= 0.6 is 0 Å². The molecule has 0 amide bonds. The van der Waals surface area contributed by atoms with Crippen molar-refractivity contribution in [3.05, 3.63) is 76.8 Å². The second kappa shape index (κ2) is 9.92. The van der Waals surface area contributed by atoms with Gasteiger partial charge < -0.3 is 5.11 Å². The minimum absolute atomic E-state index is 0.0291. The van der Waals surface area contributed by atoms with Crippen LogP contribution in [0.3, 0.4) is 0 Å². The van der Waals surface area contributed by atoms with Crippen molar-refractivity contribution in [2.24, 2.45) is 0 Å². The van der Waals surface area contributed by atoms with Crippen molar-refractivity contribution in [3.63, 3.8) is 0 Å². The molecule has 0 saturated heterocycles. The zero-order valence-corrected chi connectivity index (χ0v) is 16.9. The minimum atomic E-state index is -0.734. The molecule has 5 nitrogen and oxygen atoms in total. The Balaban J connectivity index is 1.76. The Morgan fingerprint density at radius 3 is 2.24 bits per heavy atom. The molecule has 0 unspecified atom stereocenters. The predicted molar refractivity (Wildman–Crippen MR) is 116 cm³/mol. The number of unbranched alkanes of at least 4 members (excludes halogenated alkanes) is 4. The van der Waals surface area contributed by atoms with Gasteiger partial charge in [0.2, 0.25) is 0 Å². The highest BCUT2D eigenvalue weighted by Crippen LogP contribution is 2.22. The SMILES string of the molecule is Cc1ccc(-n2c(-c3ccccc3)cn(CCCCCCCC(=O)O)c2=O)cc1. The number of carboxylic acid groups (broad SMARTS) is 1. The molecule has 0 saturated carbocycles. The highest BCUT2D eigenvalue weighted by atomic mass is 16.4. The molecule has 0 aliphatic carbocycles. The lowest BCUT2D eigenvalue weighted by Crippen LogP contribution is -2.23. The summed E-state index contributed by atoms with van der Waals surface area (Å²) in [5.41, 5.74) is 3.90. The molecule has 1 heterocycles. The van der Waals surface area contributed by atoms with E-state index in [9.17, 15) is 9.59 Å². The third kappa shape index (κ3) is 5.47. The maximum Gasteiger partial charge on any atom is 0.333 e. The zero-order valence-electron chi connectivity index (χ0n) is 16.9. The van der Waals surface area contributed by atoms with E-state index in [4.69, 9.17) is 5.11 Å². The van der Waals surface area contributed by atoms with Crippen LogP contribution in [0.5, 0.6) is 0 Å². The average molecular weight is 392 g/mol. The lowest BCUT2D eigenvalue weighted by Gasteiger charge is -2.07. The Hall–Kier alpha value is -3.08. The third-order valence-corrected chi connectivity index (χ3v) is 5.11. The second-order valence-electron chi connectivity index (χ2n) is 7.44. The number of carbonyl (C=O) groups is 1. The first-order chi connectivity index (χ1) is 14.1. The molecule has 0 aliphatic heterocycles. The number of aromatic nitrogens is 2. The lowest BCUT2D eigenvalue weighted by molar-refractivity contribution is -0.137. The fraction of sp³-hybridized carbons (Fsp3) is 0.333. The number of hydrogen-bond donors (Lipinski definition) is 1. The summed E-state index contributed by atoms with van der Waals surface area (Å²) in [5.74, 6) is -0.734. The monoisotopic (exact) mass is 392 g/mol. The summed E-state index contributed by atoms with van der Waals surface area (Å²) in [7, 11) is 0. The van der Waals surface area contributed by atoms with Gasteiger partial charge in [0.05, 0.1) is 11.4 Å². The molecule has 0 spiro atoms. The maximum atomic E-state index is 13.2. The molecule has 152 valence electrons. The van der Waals surface area contributed by atoms with E-state index in [-0.39, 0.29) is 12.1 Å². The first-order valence-corrected chi connectivity index (χ1v) is 10.2. The molecule has 0 radical (unpaired) electrons. The van der Waals surface area contributed by atoms with Crippen molar-refractivity contribution in [1.29, 1.82) is 0 Å². The molecular formula is C24H28N2O3. The summed E-state index contributed by atoms with van der Waals surface area (Å²) >= 11 is 0. The topological polar surface area (TPSA) is 64.2 Å². The van der Waals surface area contributed by atoms with Gasteiger partial charge in [-0.2, -0.15) is 0 Å². The largest absolute Gasteiger partial charge is 0.481 e. The first-order valence-electron chi connectivity index (χ1n) is 10.2. The Bertz CT molecular complexity index is 985. The molecule has 5 heteroatoms. The van der Waals surface area contributed by atoms with Crippen molar-refractivity contribution in [3.8, 4) is 16.9 Å². The summed E-state index contributed by atoms with van der Waals surface area (Å²) in [6.07, 6.45) is 6.70. The van der Waals surface area contributed by atoms with Gasteiger partial charge in [-0.25, -0.2) is 4.79 Å². The van der Waals surface area contributed by atoms with E-state index in [1.807, 2.05) is 67.7 Å². The Labute approximate surface area is 171 Å². The number of rotatable bonds is 10. The average Bonchev–Trinajstić information content (AvgIpc) is 3.05. The smallest absolute Gasteiger partial charge is 0.333 e. The van der Waals surface area contributed by atoms with Crippen molar-refractivity contribution in [2.75, 3.05) is 0 Å². The molecule has 0 fully saturated rings. The van der Waals surface area contributed by atoms with Gasteiger partial charge in [0, 0.05) is 24.7 Å². The molecule has 0 bridgehead atoms. The summed E-state index contributed by atoms with van der Waals surface area (Å²) in [4.78, 5) is 23.7. The van der Waals surface area contributed by atoms with Crippen LogP contribution in [0.1, 0.15) is 44.1 Å². The number of imidazole rings is 1. The fourth-order valence-electron chi connectivity index (χ4n) is 3.50. The number of benzene rings is 2. The van der Waals surface area contributed by atoms with E-state index >= 15 is 0 Å². The Morgan fingerprint density at radius 1 is 0.897 bits per heavy atom. The van der Waals surface area contributed by atoms with Gasteiger partial charge in [0.25, 0.3) is 0 Å². The molecule has 0 aliphatic rings. The van der Waals surface area contributed by atoms with Crippen LogP contribution in [0.2, 0.25) is 0 Å². The molecule has 1 N–H and O–H groups in total. The number of hydrogen-bond acceptors (Lipinski definition) is 2. The van der Waals surface area contributed by atoms with E-state index in [2.05, 4.69) is 0 Å². The summed E-state index contributed by atoms with van der Waals surface area (Å²) in [6.45, 7) is 2.70. The zero-order chi connectivity index (χ0) is 20.6. The molecule has 1 aromatic heterocycles. The Morgan fingerprint density at radius 2 is 1.55 bits per heavy atom. The van der Waals surface area contributed by atoms with Crippen molar-refractivity contribution < 1.29 is 9.90 Å². The van der Waals surface area contributed by atoms with Gasteiger partial charge in [0.1, 0.15) is 0 Å². The van der Waals surface area contributed by atoms with Crippen LogP contribution < -0.4 is 5.69 Å². The van der Waals surface area contributed by atoms with Gasteiger partial charge >= 0.3 is 11.7 Å². The molecule has 3 rings (SSSR count). The number of carboxylic acids is 1. The van der Waals surface area contributed by atoms with Crippen LogP contribution in [-0.4, -0.2) is 20.2 Å². The van der Waals surface area contributed by atoms with Crippen LogP contribution in [-0.2, 0) is 11.3 Å². The summed E-state index contributed by atoms with van der Waals surface area (Å²) in [5, 5.41) is 8.69. The Kier molecular flexibility index (Phi) is 7.06. The van der Waals surface area contributed by atoms with Crippen molar-refractivity contribution in [1.82, 2.24) is 9.13 Å². The molecule has 0 atom stereocenters. The molecule has 29 heavy (non-hydrogen) atoms. The van der Waals surface area contributed by atoms with E-state index < -0.39 is 5.97 Å². The van der Waals surface area contributed by atoms with Gasteiger partial charge in [-0.15, -0.1) is 0 Å². The summed E-state index contributed by atoms with van der Waals surface area (Å²) in [6, 6.07) is 18.0. The standard InChI is InChI=1S/C24H28N2O3/c1-19-13-15-21(16-14-19)26-22(20-10-6-5-7-11-20)18-25(24(26)29)17-9-4-2-3-8-12-23(27)28/h5-7,10-11,13-16,18H,2-4,8-9,12,17H2,1H3,(H,27,28).